The highest BCUT2D eigenvalue weighted by Crippen LogP contribution is 2.27. The van der Waals surface area contributed by atoms with E-state index >= 15 is 0 Å². The molecule has 0 saturated carbocycles. The van der Waals surface area contributed by atoms with Gasteiger partial charge in [0, 0.05) is 19.6 Å². The number of hydrazine groups is 1. The molecule has 8 heteroatoms. The molecule has 0 aliphatic carbocycles. The summed E-state index contributed by atoms with van der Waals surface area (Å²) in [6.45, 7) is 2.69. The number of nitrogens with two attached hydrogens (primary N) is 1. The number of halogens is 1. The molecule has 2 rings (SSSR count). The van der Waals surface area contributed by atoms with E-state index in [4.69, 9.17) is 22.2 Å². The second-order valence-corrected chi connectivity index (χ2v) is 4.66. The number of hydrogen-bond acceptors (Lipinski definition) is 7. The molecule has 1 aliphatic rings. The Balaban J connectivity index is 2.05. The summed E-state index contributed by atoms with van der Waals surface area (Å²) in [5, 5.41) is 13.7. The molecule has 5 N–H and O–H groups in total. The summed E-state index contributed by atoms with van der Waals surface area (Å²) in [4.78, 5) is 7.93. The minimum absolute atomic E-state index is 0.224. The number of anilines is 2. The van der Waals surface area contributed by atoms with Crippen LogP contribution >= 0.6 is 11.6 Å². The molecular formula is C10H16ClN5O2. The molecule has 2 heterocycles. The van der Waals surface area contributed by atoms with Gasteiger partial charge in [0.05, 0.1) is 12.3 Å². The molecule has 0 spiro atoms. The van der Waals surface area contributed by atoms with Crippen molar-refractivity contribution in [2.24, 2.45) is 5.84 Å². The topological polar surface area (TPSA) is 105 Å². The van der Waals surface area contributed by atoms with Gasteiger partial charge in [-0.25, -0.2) is 10.8 Å². The van der Waals surface area contributed by atoms with E-state index < -0.39 is 5.60 Å². The molecule has 100 valence electrons. The van der Waals surface area contributed by atoms with E-state index in [9.17, 15) is 5.11 Å². The van der Waals surface area contributed by atoms with Crippen molar-refractivity contribution in [3.05, 3.63) is 11.2 Å². The van der Waals surface area contributed by atoms with Crippen LogP contribution in [0, 0.1) is 0 Å². The Hall–Kier alpha value is -1.15. The van der Waals surface area contributed by atoms with Crippen LogP contribution in [0.2, 0.25) is 5.02 Å². The fraction of sp³-hybridized carbons (Fsp3) is 0.600. The van der Waals surface area contributed by atoms with E-state index in [0.29, 0.717) is 30.4 Å². The van der Waals surface area contributed by atoms with Gasteiger partial charge in [0.2, 0.25) is 5.95 Å². The third kappa shape index (κ3) is 2.64. The van der Waals surface area contributed by atoms with Crippen LogP contribution < -0.4 is 16.6 Å². The highest BCUT2D eigenvalue weighted by atomic mass is 35.5. The van der Waals surface area contributed by atoms with E-state index in [1.54, 1.807) is 0 Å². The van der Waals surface area contributed by atoms with Gasteiger partial charge in [-0.3, -0.25) is 5.43 Å². The van der Waals surface area contributed by atoms with Crippen molar-refractivity contribution >= 4 is 23.4 Å². The van der Waals surface area contributed by atoms with Crippen LogP contribution in [0.5, 0.6) is 0 Å². The van der Waals surface area contributed by atoms with Crippen LogP contribution in [0.1, 0.15) is 13.3 Å². The summed E-state index contributed by atoms with van der Waals surface area (Å²) >= 11 is 5.95. The lowest BCUT2D eigenvalue weighted by Crippen LogP contribution is -2.43. The smallest absolute Gasteiger partial charge is 0.239 e. The largest absolute Gasteiger partial charge is 0.385 e. The zero-order valence-electron chi connectivity index (χ0n) is 9.98. The van der Waals surface area contributed by atoms with E-state index in [1.165, 1.54) is 6.20 Å². The molecule has 7 nitrogen and oxygen atoms in total. The summed E-state index contributed by atoms with van der Waals surface area (Å²) in [6, 6.07) is 0. The standard InChI is InChI=1S/C10H16ClN5O2/c1-6-10(17,2-3-18-6)5-14-8-7(11)4-13-9(15-8)16-12/h4,6,17H,2-3,5,12H2,1H3,(H2,13,14,15,16). The van der Waals surface area contributed by atoms with Crippen molar-refractivity contribution in [2.75, 3.05) is 23.9 Å². The van der Waals surface area contributed by atoms with E-state index in [-0.39, 0.29) is 12.1 Å². The van der Waals surface area contributed by atoms with Gasteiger partial charge in [-0.2, -0.15) is 4.98 Å². The van der Waals surface area contributed by atoms with Crippen LogP contribution in [-0.4, -0.2) is 39.9 Å². The zero-order chi connectivity index (χ0) is 13.2. The van der Waals surface area contributed by atoms with Gasteiger partial charge < -0.3 is 15.2 Å². The van der Waals surface area contributed by atoms with Crippen molar-refractivity contribution in [1.29, 1.82) is 0 Å². The SMILES string of the molecule is CC1OCCC1(O)CNc1nc(NN)ncc1Cl. The average Bonchev–Trinajstić information content (AvgIpc) is 2.69. The van der Waals surface area contributed by atoms with Crippen molar-refractivity contribution in [3.8, 4) is 0 Å². The molecular weight excluding hydrogens is 258 g/mol. The molecule has 0 amide bonds. The summed E-state index contributed by atoms with van der Waals surface area (Å²) in [5.41, 5.74) is 1.42. The minimum Gasteiger partial charge on any atom is -0.385 e. The Bertz CT molecular complexity index is 433. The fourth-order valence-corrected chi connectivity index (χ4v) is 1.96. The first-order valence-corrected chi connectivity index (χ1v) is 6.00. The van der Waals surface area contributed by atoms with E-state index in [2.05, 4.69) is 20.7 Å². The first-order chi connectivity index (χ1) is 8.55. The van der Waals surface area contributed by atoms with Crippen LogP contribution in [0.4, 0.5) is 11.8 Å². The van der Waals surface area contributed by atoms with Gasteiger partial charge in [0.25, 0.3) is 0 Å². The number of nitrogens with zero attached hydrogens (tertiary/aromatic N) is 2. The molecule has 1 saturated heterocycles. The molecule has 1 aromatic heterocycles. The van der Waals surface area contributed by atoms with Gasteiger partial charge in [0.1, 0.15) is 10.6 Å². The number of rotatable bonds is 4. The van der Waals surface area contributed by atoms with Crippen molar-refractivity contribution in [1.82, 2.24) is 9.97 Å². The molecule has 1 fully saturated rings. The van der Waals surface area contributed by atoms with Gasteiger partial charge >= 0.3 is 0 Å². The third-order valence-electron chi connectivity index (χ3n) is 3.09. The Morgan fingerprint density at radius 1 is 1.72 bits per heavy atom. The first kappa shape index (κ1) is 13.3. The van der Waals surface area contributed by atoms with Crippen molar-refractivity contribution in [3.63, 3.8) is 0 Å². The number of nitrogens with one attached hydrogen (secondary N) is 2. The number of aromatic nitrogens is 2. The summed E-state index contributed by atoms with van der Waals surface area (Å²) in [6.07, 6.45) is 1.79. The Morgan fingerprint density at radius 3 is 3.11 bits per heavy atom. The first-order valence-electron chi connectivity index (χ1n) is 5.62. The lowest BCUT2D eigenvalue weighted by Gasteiger charge is -2.26. The van der Waals surface area contributed by atoms with E-state index in [1.807, 2.05) is 6.92 Å². The number of ether oxygens (including phenoxy) is 1. The Kier molecular flexibility index (Phi) is 3.86. The summed E-state index contributed by atoms with van der Waals surface area (Å²) < 4.78 is 5.34. The number of nitrogen functional groups attached to an aromatic ring is 1. The average molecular weight is 274 g/mol. The second-order valence-electron chi connectivity index (χ2n) is 4.25. The molecule has 0 bridgehead atoms. The van der Waals surface area contributed by atoms with Crippen LogP contribution in [-0.2, 0) is 4.74 Å². The van der Waals surface area contributed by atoms with Crippen molar-refractivity contribution in [2.45, 2.75) is 25.0 Å². The molecule has 2 unspecified atom stereocenters. The van der Waals surface area contributed by atoms with Gasteiger partial charge in [-0.05, 0) is 6.92 Å². The molecule has 1 aliphatic heterocycles. The lowest BCUT2D eigenvalue weighted by molar-refractivity contribution is -0.0176. The normalized spacial score (nSPS) is 27.2. The minimum atomic E-state index is -0.912. The van der Waals surface area contributed by atoms with Crippen LogP contribution in [0.15, 0.2) is 6.20 Å². The molecule has 18 heavy (non-hydrogen) atoms. The lowest BCUT2D eigenvalue weighted by atomic mass is 9.97. The predicted molar refractivity (Wildman–Crippen MR) is 68.3 cm³/mol. The highest BCUT2D eigenvalue weighted by molar-refractivity contribution is 6.32. The quantitative estimate of drug-likeness (QED) is 0.464. The maximum Gasteiger partial charge on any atom is 0.239 e. The molecule has 2 atom stereocenters. The Morgan fingerprint density at radius 2 is 2.50 bits per heavy atom. The summed E-state index contributed by atoms with van der Waals surface area (Å²) in [7, 11) is 0. The van der Waals surface area contributed by atoms with Gasteiger partial charge in [-0.1, -0.05) is 11.6 Å². The molecule has 0 aromatic carbocycles. The molecule has 1 aromatic rings. The Labute approximate surface area is 110 Å². The third-order valence-corrected chi connectivity index (χ3v) is 3.37. The van der Waals surface area contributed by atoms with Gasteiger partial charge in [0.15, 0.2) is 5.82 Å². The number of aliphatic hydroxyl groups is 1. The molecule has 0 radical (unpaired) electrons. The second kappa shape index (κ2) is 5.23. The van der Waals surface area contributed by atoms with Crippen molar-refractivity contribution < 1.29 is 9.84 Å². The van der Waals surface area contributed by atoms with Crippen LogP contribution in [0.3, 0.4) is 0 Å². The van der Waals surface area contributed by atoms with Crippen LogP contribution in [0.25, 0.3) is 0 Å². The predicted octanol–water partition coefficient (Wildman–Crippen LogP) is 0.367. The maximum atomic E-state index is 10.3. The van der Waals surface area contributed by atoms with E-state index in [0.717, 1.165) is 0 Å². The summed E-state index contributed by atoms with van der Waals surface area (Å²) in [5.74, 6) is 5.90. The fourth-order valence-electron chi connectivity index (χ4n) is 1.80. The highest BCUT2D eigenvalue weighted by Gasteiger charge is 2.39. The zero-order valence-corrected chi connectivity index (χ0v) is 10.7. The van der Waals surface area contributed by atoms with Gasteiger partial charge in [-0.15, -0.1) is 0 Å². The monoisotopic (exact) mass is 273 g/mol. The number of hydrogen-bond donors (Lipinski definition) is 4. The maximum absolute atomic E-state index is 10.3.